The van der Waals surface area contributed by atoms with Crippen LogP contribution in [0.4, 0.5) is 0 Å². The zero-order valence-corrected chi connectivity index (χ0v) is 11.3. The molecule has 1 atom stereocenters. The molecule has 1 N–H and O–H groups in total. The van der Waals surface area contributed by atoms with Crippen molar-refractivity contribution in [3.05, 3.63) is 59.2 Å². The Kier molecular flexibility index (Phi) is 3.18. The zero-order valence-electron chi connectivity index (χ0n) is 11.3. The van der Waals surface area contributed by atoms with Crippen molar-refractivity contribution < 1.29 is 14.6 Å². The first-order valence-electron chi connectivity index (χ1n) is 6.67. The third-order valence-corrected chi connectivity index (χ3v) is 3.86. The number of ketones is 1. The molecule has 1 aliphatic carbocycles. The summed E-state index contributed by atoms with van der Waals surface area (Å²) in [6, 6.07) is 13.4. The number of ether oxygens (including phenoxy) is 1. The molecule has 0 saturated heterocycles. The first-order valence-corrected chi connectivity index (χ1v) is 6.67. The van der Waals surface area contributed by atoms with E-state index in [1.807, 2.05) is 36.4 Å². The van der Waals surface area contributed by atoms with Crippen molar-refractivity contribution >= 4 is 5.78 Å². The van der Waals surface area contributed by atoms with Crippen LogP contribution in [0.3, 0.4) is 0 Å². The van der Waals surface area contributed by atoms with Gasteiger partial charge < -0.3 is 9.84 Å². The van der Waals surface area contributed by atoms with Crippen molar-refractivity contribution in [1.29, 1.82) is 0 Å². The molecule has 1 aliphatic rings. The maximum Gasteiger partial charge on any atom is 0.167 e. The average Bonchev–Trinajstić information content (AvgIpc) is 2.47. The molecule has 3 rings (SSSR count). The Morgan fingerprint density at radius 1 is 1.15 bits per heavy atom. The third kappa shape index (κ3) is 2.16. The number of aromatic hydroxyl groups is 1. The summed E-state index contributed by atoms with van der Waals surface area (Å²) < 4.78 is 5.17. The first kappa shape index (κ1) is 12.7. The van der Waals surface area contributed by atoms with Crippen LogP contribution < -0.4 is 4.74 Å². The summed E-state index contributed by atoms with van der Waals surface area (Å²) in [5, 5.41) is 9.99. The Bertz CT molecular complexity index is 647. The van der Waals surface area contributed by atoms with Gasteiger partial charge in [0.1, 0.15) is 11.5 Å². The molecule has 0 bridgehead atoms. The van der Waals surface area contributed by atoms with E-state index in [1.165, 1.54) is 6.07 Å². The van der Waals surface area contributed by atoms with E-state index in [4.69, 9.17) is 4.74 Å². The van der Waals surface area contributed by atoms with E-state index in [0.717, 1.165) is 17.5 Å². The van der Waals surface area contributed by atoms with Gasteiger partial charge in [0.05, 0.1) is 12.7 Å². The topological polar surface area (TPSA) is 46.5 Å². The lowest BCUT2D eigenvalue weighted by atomic mass is 9.79. The number of benzene rings is 2. The number of rotatable bonds is 2. The van der Waals surface area contributed by atoms with E-state index in [-0.39, 0.29) is 17.5 Å². The van der Waals surface area contributed by atoms with Crippen molar-refractivity contribution in [2.75, 3.05) is 7.11 Å². The minimum Gasteiger partial charge on any atom is -0.507 e. The number of fused-ring (bicyclic) bond motifs is 1. The standard InChI is InChI=1S/C17H16O3/c1-20-14-8-13-7-12(11-5-3-2-4-6-11)9-15(18)17(13)16(19)10-14/h2-6,8,10,12,19H,7,9H2,1H3/t12-/m0/s1. The molecule has 0 amide bonds. The van der Waals surface area contributed by atoms with Crippen LogP contribution in [0.5, 0.6) is 11.5 Å². The molecule has 0 heterocycles. The first-order chi connectivity index (χ1) is 9.69. The van der Waals surface area contributed by atoms with Gasteiger partial charge in [-0.25, -0.2) is 0 Å². The molecule has 0 fully saturated rings. The van der Waals surface area contributed by atoms with Gasteiger partial charge in [-0.05, 0) is 29.5 Å². The molecule has 0 unspecified atom stereocenters. The lowest BCUT2D eigenvalue weighted by molar-refractivity contribution is 0.0961. The highest BCUT2D eigenvalue weighted by atomic mass is 16.5. The molecule has 20 heavy (non-hydrogen) atoms. The zero-order chi connectivity index (χ0) is 14.1. The number of phenolic OH excluding ortho intramolecular Hbond substituents is 1. The largest absolute Gasteiger partial charge is 0.507 e. The van der Waals surface area contributed by atoms with E-state index < -0.39 is 0 Å². The summed E-state index contributed by atoms with van der Waals surface area (Å²) in [5.41, 5.74) is 2.48. The molecule has 3 nitrogen and oxygen atoms in total. The number of phenols is 1. The van der Waals surface area contributed by atoms with E-state index >= 15 is 0 Å². The molecular weight excluding hydrogens is 252 g/mol. The second-order valence-electron chi connectivity index (χ2n) is 5.12. The summed E-state index contributed by atoms with van der Waals surface area (Å²) in [7, 11) is 1.56. The fourth-order valence-corrected chi connectivity index (χ4v) is 2.88. The highest BCUT2D eigenvalue weighted by Crippen LogP contribution is 2.38. The van der Waals surface area contributed by atoms with Crippen molar-refractivity contribution in [3.63, 3.8) is 0 Å². The van der Waals surface area contributed by atoms with Crippen LogP contribution in [-0.4, -0.2) is 18.0 Å². The molecule has 0 saturated carbocycles. The minimum absolute atomic E-state index is 0.000237. The van der Waals surface area contributed by atoms with Crippen molar-refractivity contribution in [2.45, 2.75) is 18.8 Å². The van der Waals surface area contributed by atoms with E-state index in [9.17, 15) is 9.90 Å². The minimum atomic E-state index is 0.000237. The maximum atomic E-state index is 12.3. The molecule has 0 aliphatic heterocycles. The normalized spacial score (nSPS) is 17.6. The average molecular weight is 268 g/mol. The molecule has 0 spiro atoms. The summed E-state index contributed by atoms with van der Waals surface area (Å²) in [6.07, 6.45) is 1.19. The number of hydrogen-bond acceptors (Lipinski definition) is 3. The highest BCUT2D eigenvalue weighted by molar-refractivity contribution is 6.01. The van der Waals surface area contributed by atoms with Crippen LogP contribution in [-0.2, 0) is 6.42 Å². The maximum absolute atomic E-state index is 12.3. The van der Waals surface area contributed by atoms with Crippen molar-refractivity contribution in [1.82, 2.24) is 0 Å². The van der Waals surface area contributed by atoms with Gasteiger partial charge in [0.15, 0.2) is 5.78 Å². The van der Waals surface area contributed by atoms with Gasteiger partial charge in [-0.2, -0.15) is 0 Å². The second kappa shape index (κ2) is 5.00. The number of Topliss-reactive ketones (excluding diaryl/α,β-unsaturated/α-hetero) is 1. The fourth-order valence-electron chi connectivity index (χ4n) is 2.88. The summed E-state index contributed by atoms with van der Waals surface area (Å²) >= 11 is 0. The van der Waals surface area contributed by atoms with Crippen LogP contribution in [0.15, 0.2) is 42.5 Å². The molecular formula is C17H16O3. The highest BCUT2D eigenvalue weighted by Gasteiger charge is 2.29. The van der Waals surface area contributed by atoms with Gasteiger partial charge in [-0.1, -0.05) is 30.3 Å². The summed E-state index contributed by atoms with van der Waals surface area (Å²) in [4.78, 5) is 12.3. The van der Waals surface area contributed by atoms with E-state index in [2.05, 4.69) is 0 Å². The predicted molar refractivity (Wildman–Crippen MR) is 76.5 cm³/mol. The number of carbonyl (C=O) groups excluding carboxylic acids is 1. The van der Waals surface area contributed by atoms with Crippen LogP contribution in [0, 0.1) is 0 Å². The Hall–Kier alpha value is -2.29. The molecule has 3 heteroatoms. The molecule has 0 aromatic heterocycles. The molecule has 2 aromatic carbocycles. The van der Waals surface area contributed by atoms with Gasteiger partial charge in [0.25, 0.3) is 0 Å². The molecule has 0 radical (unpaired) electrons. The monoisotopic (exact) mass is 268 g/mol. The van der Waals surface area contributed by atoms with Crippen LogP contribution in [0.1, 0.15) is 33.8 Å². The van der Waals surface area contributed by atoms with Gasteiger partial charge in [-0.3, -0.25) is 4.79 Å². The predicted octanol–water partition coefficient (Wildman–Crippen LogP) is 3.31. The van der Waals surface area contributed by atoms with Gasteiger partial charge in [0, 0.05) is 12.5 Å². The number of methoxy groups -OCH3 is 1. The second-order valence-corrected chi connectivity index (χ2v) is 5.12. The Labute approximate surface area is 117 Å². The lowest BCUT2D eigenvalue weighted by Gasteiger charge is -2.25. The number of carbonyl (C=O) groups is 1. The van der Waals surface area contributed by atoms with Crippen LogP contribution >= 0.6 is 0 Å². The third-order valence-electron chi connectivity index (χ3n) is 3.86. The lowest BCUT2D eigenvalue weighted by Crippen LogP contribution is -2.19. The Balaban J connectivity index is 2.02. The molecule has 102 valence electrons. The smallest absolute Gasteiger partial charge is 0.167 e. The van der Waals surface area contributed by atoms with Crippen LogP contribution in [0.2, 0.25) is 0 Å². The van der Waals surface area contributed by atoms with E-state index in [1.54, 1.807) is 7.11 Å². The fraction of sp³-hybridized carbons (Fsp3) is 0.235. The Morgan fingerprint density at radius 2 is 1.90 bits per heavy atom. The van der Waals surface area contributed by atoms with Crippen molar-refractivity contribution in [2.24, 2.45) is 0 Å². The molecule has 2 aromatic rings. The Morgan fingerprint density at radius 3 is 2.60 bits per heavy atom. The van der Waals surface area contributed by atoms with Gasteiger partial charge in [0.2, 0.25) is 0 Å². The summed E-state index contributed by atoms with van der Waals surface area (Å²) in [6.45, 7) is 0. The quantitative estimate of drug-likeness (QED) is 0.909. The van der Waals surface area contributed by atoms with Crippen molar-refractivity contribution in [3.8, 4) is 11.5 Å². The van der Waals surface area contributed by atoms with Crippen LogP contribution in [0.25, 0.3) is 0 Å². The van der Waals surface area contributed by atoms with Gasteiger partial charge >= 0.3 is 0 Å². The summed E-state index contributed by atoms with van der Waals surface area (Å²) in [5.74, 6) is 0.779. The SMILES string of the molecule is COc1cc(O)c2c(c1)C[C@H](c1ccccc1)CC2=O. The number of hydrogen-bond donors (Lipinski definition) is 1. The van der Waals surface area contributed by atoms with Gasteiger partial charge in [-0.15, -0.1) is 0 Å². The van der Waals surface area contributed by atoms with E-state index in [0.29, 0.717) is 17.7 Å².